The minimum absolute atomic E-state index is 0.100. The standard InChI is InChI=1S/C13H15N3O3S2/c14-21(17,18)12-4-2-11(3-5-12)10-19-8-9-20-13-15-6-1-7-16-13/h1-7H,8-10H2,(H2,14,17,18). The maximum atomic E-state index is 11.1. The van der Waals surface area contributed by atoms with Crippen LogP contribution in [0.15, 0.2) is 52.8 Å². The van der Waals surface area contributed by atoms with E-state index in [-0.39, 0.29) is 4.90 Å². The molecule has 1 aromatic heterocycles. The molecule has 0 amide bonds. The number of aromatic nitrogens is 2. The molecule has 2 rings (SSSR count). The summed E-state index contributed by atoms with van der Waals surface area (Å²) < 4.78 is 27.7. The molecular formula is C13H15N3O3S2. The van der Waals surface area contributed by atoms with Gasteiger partial charge >= 0.3 is 0 Å². The molecular weight excluding hydrogens is 310 g/mol. The third-order valence-corrected chi connectivity index (χ3v) is 4.29. The minimum atomic E-state index is -3.64. The monoisotopic (exact) mass is 325 g/mol. The van der Waals surface area contributed by atoms with Crippen LogP contribution in [0.4, 0.5) is 0 Å². The summed E-state index contributed by atoms with van der Waals surface area (Å²) in [6.07, 6.45) is 3.40. The second-order valence-corrected chi connectivity index (χ2v) is 6.74. The molecule has 2 N–H and O–H groups in total. The van der Waals surface area contributed by atoms with Crippen molar-refractivity contribution in [1.29, 1.82) is 0 Å². The van der Waals surface area contributed by atoms with E-state index >= 15 is 0 Å². The van der Waals surface area contributed by atoms with Crippen molar-refractivity contribution in [2.45, 2.75) is 16.7 Å². The lowest BCUT2D eigenvalue weighted by Crippen LogP contribution is -2.12. The summed E-state index contributed by atoms with van der Waals surface area (Å²) in [5, 5.41) is 5.75. The molecule has 0 aliphatic carbocycles. The van der Waals surface area contributed by atoms with E-state index in [0.717, 1.165) is 16.5 Å². The zero-order valence-electron chi connectivity index (χ0n) is 11.2. The Morgan fingerprint density at radius 3 is 2.43 bits per heavy atom. The molecule has 0 fully saturated rings. The fourth-order valence-corrected chi connectivity index (χ4v) is 2.69. The molecule has 0 atom stereocenters. The molecule has 21 heavy (non-hydrogen) atoms. The highest BCUT2D eigenvalue weighted by molar-refractivity contribution is 7.99. The van der Waals surface area contributed by atoms with Crippen LogP contribution in [0.1, 0.15) is 5.56 Å². The van der Waals surface area contributed by atoms with E-state index in [0.29, 0.717) is 13.2 Å². The quantitative estimate of drug-likeness (QED) is 0.470. The molecule has 0 unspecified atom stereocenters. The maximum Gasteiger partial charge on any atom is 0.238 e. The van der Waals surface area contributed by atoms with Crippen LogP contribution in [0, 0.1) is 0 Å². The Morgan fingerprint density at radius 1 is 1.14 bits per heavy atom. The average Bonchev–Trinajstić information content (AvgIpc) is 2.47. The largest absolute Gasteiger partial charge is 0.376 e. The van der Waals surface area contributed by atoms with E-state index in [1.807, 2.05) is 0 Å². The second kappa shape index (κ2) is 7.51. The predicted octanol–water partition coefficient (Wildman–Crippen LogP) is 1.43. The van der Waals surface area contributed by atoms with Crippen LogP contribution in [-0.4, -0.2) is 30.7 Å². The molecule has 0 aliphatic rings. The SMILES string of the molecule is NS(=O)(=O)c1ccc(COCCSc2ncccn2)cc1. The van der Waals surface area contributed by atoms with Crippen LogP contribution in [0.3, 0.4) is 0 Å². The Bertz CT molecular complexity index is 661. The van der Waals surface area contributed by atoms with Gasteiger partial charge in [0.1, 0.15) is 0 Å². The fraction of sp³-hybridized carbons (Fsp3) is 0.231. The summed E-state index contributed by atoms with van der Waals surface area (Å²) in [5.74, 6) is 0.749. The summed E-state index contributed by atoms with van der Waals surface area (Å²) in [6, 6.07) is 8.09. The van der Waals surface area contributed by atoms with Crippen molar-refractivity contribution in [3.63, 3.8) is 0 Å². The van der Waals surface area contributed by atoms with E-state index in [9.17, 15) is 8.42 Å². The van der Waals surface area contributed by atoms with Crippen molar-refractivity contribution >= 4 is 21.8 Å². The smallest absolute Gasteiger partial charge is 0.238 e. The highest BCUT2D eigenvalue weighted by Gasteiger charge is 2.06. The fourth-order valence-electron chi connectivity index (χ4n) is 1.52. The number of primary sulfonamides is 1. The van der Waals surface area contributed by atoms with Crippen LogP contribution >= 0.6 is 11.8 Å². The van der Waals surface area contributed by atoms with Crippen LogP contribution in [0.5, 0.6) is 0 Å². The number of hydrogen-bond donors (Lipinski definition) is 1. The number of ether oxygens (including phenoxy) is 1. The minimum Gasteiger partial charge on any atom is -0.376 e. The van der Waals surface area contributed by atoms with Gasteiger partial charge in [-0.1, -0.05) is 23.9 Å². The van der Waals surface area contributed by atoms with E-state index in [4.69, 9.17) is 9.88 Å². The van der Waals surface area contributed by atoms with Crippen molar-refractivity contribution in [2.24, 2.45) is 5.14 Å². The third-order valence-electron chi connectivity index (χ3n) is 2.52. The Balaban J connectivity index is 1.71. The van der Waals surface area contributed by atoms with Gasteiger partial charge in [0.05, 0.1) is 18.1 Å². The molecule has 2 aromatic rings. The Morgan fingerprint density at radius 2 is 1.81 bits per heavy atom. The van der Waals surface area contributed by atoms with E-state index < -0.39 is 10.0 Å². The summed E-state index contributed by atoms with van der Waals surface area (Å²) in [5.41, 5.74) is 0.892. The van der Waals surface area contributed by atoms with Gasteiger partial charge in [-0.25, -0.2) is 23.5 Å². The number of rotatable bonds is 7. The Kier molecular flexibility index (Phi) is 5.68. The van der Waals surface area contributed by atoms with Crippen molar-refractivity contribution in [2.75, 3.05) is 12.4 Å². The highest BCUT2D eigenvalue weighted by Crippen LogP contribution is 2.12. The van der Waals surface area contributed by atoms with Gasteiger partial charge in [-0.2, -0.15) is 0 Å². The maximum absolute atomic E-state index is 11.1. The highest BCUT2D eigenvalue weighted by atomic mass is 32.2. The lowest BCUT2D eigenvalue weighted by molar-refractivity contribution is 0.136. The molecule has 0 aliphatic heterocycles. The number of nitrogens with zero attached hydrogens (tertiary/aromatic N) is 2. The number of hydrogen-bond acceptors (Lipinski definition) is 6. The van der Waals surface area contributed by atoms with Crippen LogP contribution in [0.2, 0.25) is 0 Å². The van der Waals surface area contributed by atoms with Crippen molar-refractivity contribution in [1.82, 2.24) is 9.97 Å². The Hall–Kier alpha value is -1.48. The van der Waals surface area contributed by atoms with Crippen LogP contribution in [0.25, 0.3) is 0 Å². The molecule has 1 heterocycles. The zero-order valence-corrected chi connectivity index (χ0v) is 12.8. The second-order valence-electron chi connectivity index (χ2n) is 4.12. The Labute approximate surface area is 127 Å². The molecule has 1 aromatic carbocycles. The molecule has 8 heteroatoms. The molecule has 112 valence electrons. The number of thioether (sulfide) groups is 1. The summed E-state index contributed by atoms with van der Waals surface area (Å²) in [4.78, 5) is 8.29. The first-order valence-corrected chi connectivity index (χ1v) is 8.68. The van der Waals surface area contributed by atoms with E-state index in [1.54, 1.807) is 30.6 Å². The first kappa shape index (κ1) is 15.9. The number of benzene rings is 1. The summed E-state index contributed by atoms with van der Waals surface area (Å²) >= 11 is 1.52. The number of sulfonamides is 1. The normalized spacial score (nSPS) is 11.5. The van der Waals surface area contributed by atoms with E-state index in [1.165, 1.54) is 23.9 Å². The zero-order chi connectivity index (χ0) is 15.1. The van der Waals surface area contributed by atoms with Gasteiger partial charge in [0.25, 0.3) is 0 Å². The molecule has 0 radical (unpaired) electrons. The van der Waals surface area contributed by atoms with Gasteiger partial charge in [0.15, 0.2) is 5.16 Å². The molecule has 0 spiro atoms. The lowest BCUT2D eigenvalue weighted by Gasteiger charge is -2.05. The van der Waals surface area contributed by atoms with Gasteiger partial charge in [-0.15, -0.1) is 0 Å². The van der Waals surface area contributed by atoms with Crippen molar-refractivity contribution in [3.05, 3.63) is 48.3 Å². The van der Waals surface area contributed by atoms with Gasteiger partial charge < -0.3 is 4.74 Å². The van der Waals surface area contributed by atoms with Crippen LogP contribution < -0.4 is 5.14 Å². The lowest BCUT2D eigenvalue weighted by atomic mass is 10.2. The van der Waals surface area contributed by atoms with Gasteiger partial charge in [-0.05, 0) is 23.8 Å². The van der Waals surface area contributed by atoms with Crippen molar-refractivity contribution < 1.29 is 13.2 Å². The van der Waals surface area contributed by atoms with Gasteiger partial charge in [-0.3, -0.25) is 0 Å². The van der Waals surface area contributed by atoms with Gasteiger partial charge in [0, 0.05) is 18.1 Å². The number of nitrogens with two attached hydrogens (primary N) is 1. The average molecular weight is 325 g/mol. The molecule has 0 saturated heterocycles. The first-order chi connectivity index (χ1) is 10.1. The van der Waals surface area contributed by atoms with Gasteiger partial charge in [0.2, 0.25) is 10.0 Å². The molecule has 6 nitrogen and oxygen atoms in total. The third kappa shape index (κ3) is 5.43. The topological polar surface area (TPSA) is 95.2 Å². The molecule has 0 bridgehead atoms. The van der Waals surface area contributed by atoms with Crippen molar-refractivity contribution in [3.8, 4) is 0 Å². The summed E-state index contributed by atoms with van der Waals surface area (Å²) in [6.45, 7) is 0.973. The summed E-state index contributed by atoms with van der Waals surface area (Å²) in [7, 11) is -3.64. The van der Waals surface area contributed by atoms with Crippen LogP contribution in [-0.2, 0) is 21.4 Å². The molecule has 0 saturated carbocycles. The van der Waals surface area contributed by atoms with E-state index in [2.05, 4.69) is 9.97 Å². The first-order valence-electron chi connectivity index (χ1n) is 6.15. The predicted molar refractivity (Wildman–Crippen MR) is 80.2 cm³/mol.